The molecule has 5 heteroatoms. The van der Waals surface area contributed by atoms with Crippen molar-refractivity contribution in [2.75, 3.05) is 0 Å². The van der Waals surface area contributed by atoms with Crippen molar-refractivity contribution in [1.82, 2.24) is 14.7 Å². The van der Waals surface area contributed by atoms with E-state index in [1.54, 1.807) is 24.4 Å². The number of amides is 1. The van der Waals surface area contributed by atoms with Crippen LogP contribution < -0.4 is 10.9 Å². The highest BCUT2D eigenvalue weighted by Gasteiger charge is 2.16. The highest BCUT2D eigenvalue weighted by atomic mass is 16.2. The van der Waals surface area contributed by atoms with Crippen molar-refractivity contribution in [1.29, 1.82) is 0 Å². The molecule has 1 amide bonds. The summed E-state index contributed by atoms with van der Waals surface area (Å²) >= 11 is 0. The van der Waals surface area contributed by atoms with E-state index in [9.17, 15) is 9.59 Å². The summed E-state index contributed by atoms with van der Waals surface area (Å²) < 4.78 is 1.37. The number of nitrogens with zero attached hydrogens (tertiary/aromatic N) is 2. The first kappa shape index (κ1) is 16.0. The van der Waals surface area contributed by atoms with Gasteiger partial charge < -0.3 is 5.32 Å². The number of fused-ring (bicyclic) bond motifs is 2. The molecule has 4 aromatic rings. The smallest absolute Gasteiger partial charge is 0.270 e. The van der Waals surface area contributed by atoms with E-state index in [4.69, 9.17) is 0 Å². The van der Waals surface area contributed by atoms with Crippen LogP contribution in [0, 0.1) is 0 Å². The number of rotatable bonds is 3. The van der Waals surface area contributed by atoms with Crippen molar-refractivity contribution in [2.45, 2.75) is 13.0 Å². The molecule has 0 aliphatic carbocycles. The summed E-state index contributed by atoms with van der Waals surface area (Å²) in [6.07, 6.45) is 2.94. The summed E-state index contributed by atoms with van der Waals surface area (Å²) in [5.41, 5.74) is 1.14. The predicted octanol–water partition coefficient (Wildman–Crippen LogP) is 3.34. The van der Waals surface area contributed by atoms with Gasteiger partial charge in [-0.2, -0.15) is 0 Å². The Morgan fingerprint density at radius 3 is 2.65 bits per heavy atom. The van der Waals surface area contributed by atoms with E-state index >= 15 is 0 Å². The van der Waals surface area contributed by atoms with Crippen molar-refractivity contribution in [3.8, 4) is 0 Å². The quantitative estimate of drug-likeness (QED) is 0.620. The third-order valence-corrected chi connectivity index (χ3v) is 4.48. The second kappa shape index (κ2) is 6.44. The molecule has 1 unspecified atom stereocenters. The van der Waals surface area contributed by atoms with Crippen molar-refractivity contribution in [3.05, 3.63) is 94.5 Å². The van der Waals surface area contributed by atoms with Gasteiger partial charge >= 0.3 is 0 Å². The van der Waals surface area contributed by atoms with Gasteiger partial charge in [0.1, 0.15) is 11.2 Å². The van der Waals surface area contributed by atoms with Crippen LogP contribution in [0.2, 0.25) is 0 Å². The highest BCUT2D eigenvalue weighted by molar-refractivity contribution is 5.94. The number of hydrogen-bond donors (Lipinski definition) is 1. The van der Waals surface area contributed by atoms with Crippen LogP contribution >= 0.6 is 0 Å². The van der Waals surface area contributed by atoms with Gasteiger partial charge in [0.05, 0.1) is 6.04 Å². The van der Waals surface area contributed by atoms with Crippen molar-refractivity contribution < 1.29 is 4.79 Å². The van der Waals surface area contributed by atoms with Crippen LogP contribution in [0.15, 0.2) is 77.9 Å². The molecule has 4 rings (SSSR count). The number of hydrogen-bond acceptors (Lipinski definition) is 3. The SMILES string of the molecule is CC(NC(=O)c1cnc2ccccn2c1=O)c1ccc2ccccc2c1. The Morgan fingerprint density at radius 1 is 1.04 bits per heavy atom. The second-order valence-electron chi connectivity index (χ2n) is 6.21. The molecule has 0 radical (unpaired) electrons. The van der Waals surface area contributed by atoms with Gasteiger partial charge in [-0.1, -0.05) is 42.5 Å². The van der Waals surface area contributed by atoms with Gasteiger partial charge in [0.25, 0.3) is 11.5 Å². The lowest BCUT2D eigenvalue weighted by molar-refractivity contribution is 0.0938. The van der Waals surface area contributed by atoms with E-state index < -0.39 is 5.91 Å². The van der Waals surface area contributed by atoms with Gasteiger partial charge in [0, 0.05) is 12.4 Å². The Bertz CT molecular complexity index is 1180. The van der Waals surface area contributed by atoms with E-state index in [2.05, 4.69) is 10.3 Å². The van der Waals surface area contributed by atoms with E-state index in [0.29, 0.717) is 5.65 Å². The molecule has 2 aromatic carbocycles. The van der Waals surface area contributed by atoms with Crippen molar-refractivity contribution >= 4 is 22.3 Å². The van der Waals surface area contributed by atoms with E-state index in [1.807, 2.05) is 49.4 Å². The van der Waals surface area contributed by atoms with Crippen LogP contribution in [0.3, 0.4) is 0 Å². The largest absolute Gasteiger partial charge is 0.345 e. The highest BCUT2D eigenvalue weighted by Crippen LogP contribution is 2.20. The Kier molecular flexibility index (Phi) is 3.97. The van der Waals surface area contributed by atoms with Crippen molar-refractivity contribution in [3.63, 3.8) is 0 Å². The number of aromatic nitrogens is 2. The summed E-state index contributed by atoms with van der Waals surface area (Å²) in [6.45, 7) is 1.90. The molecule has 0 bridgehead atoms. The van der Waals surface area contributed by atoms with Gasteiger partial charge in [-0.3, -0.25) is 14.0 Å². The Hall–Kier alpha value is -3.47. The number of carbonyl (C=O) groups is 1. The summed E-state index contributed by atoms with van der Waals surface area (Å²) in [7, 11) is 0. The van der Waals surface area contributed by atoms with Crippen LogP contribution in [-0.2, 0) is 0 Å². The molecule has 0 aliphatic heterocycles. The molecule has 1 atom stereocenters. The average molecular weight is 343 g/mol. The molecule has 0 aliphatic rings. The molecule has 26 heavy (non-hydrogen) atoms. The topological polar surface area (TPSA) is 63.5 Å². The zero-order chi connectivity index (χ0) is 18.1. The number of nitrogens with one attached hydrogen (secondary N) is 1. The third-order valence-electron chi connectivity index (χ3n) is 4.48. The number of benzene rings is 2. The van der Waals surface area contributed by atoms with Gasteiger partial charge in [0.15, 0.2) is 0 Å². The normalized spacial score (nSPS) is 12.2. The molecule has 1 N–H and O–H groups in total. The lowest BCUT2D eigenvalue weighted by Crippen LogP contribution is -2.33. The number of carbonyl (C=O) groups excluding carboxylic acids is 1. The first-order chi connectivity index (χ1) is 12.6. The lowest BCUT2D eigenvalue weighted by Gasteiger charge is -2.15. The van der Waals surface area contributed by atoms with E-state index in [-0.39, 0.29) is 17.2 Å². The Morgan fingerprint density at radius 2 is 1.81 bits per heavy atom. The fourth-order valence-electron chi connectivity index (χ4n) is 3.02. The maximum Gasteiger partial charge on any atom is 0.270 e. The zero-order valence-electron chi connectivity index (χ0n) is 14.2. The first-order valence-electron chi connectivity index (χ1n) is 8.39. The minimum absolute atomic E-state index is 0.0290. The van der Waals surface area contributed by atoms with Gasteiger partial charge in [0.2, 0.25) is 0 Å². The predicted molar refractivity (Wildman–Crippen MR) is 101 cm³/mol. The van der Waals surface area contributed by atoms with Gasteiger partial charge in [-0.15, -0.1) is 0 Å². The molecule has 0 saturated carbocycles. The fraction of sp³-hybridized carbons (Fsp3) is 0.0952. The third kappa shape index (κ3) is 2.84. The molecule has 0 spiro atoms. The summed E-state index contributed by atoms with van der Waals surface area (Å²) in [6, 6.07) is 19.1. The van der Waals surface area contributed by atoms with Gasteiger partial charge in [-0.25, -0.2) is 4.98 Å². The van der Waals surface area contributed by atoms with Crippen LogP contribution in [0.25, 0.3) is 16.4 Å². The van der Waals surface area contributed by atoms with E-state index in [1.165, 1.54) is 10.6 Å². The van der Waals surface area contributed by atoms with Crippen LogP contribution in [0.4, 0.5) is 0 Å². The minimum Gasteiger partial charge on any atom is -0.345 e. The maximum atomic E-state index is 12.6. The Balaban J connectivity index is 1.62. The second-order valence-corrected chi connectivity index (χ2v) is 6.21. The molecule has 5 nitrogen and oxygen atoms in total. The fourth-order valence-corrected chi connectivity index (χ4v) is 3.02. The zero-order valence-corrected chi connectivity index (χ0v) is 14.2. The minimum atomic E-state index is -0.429. The first-order valence-corrected chi connectivity index (χ1v) is 8.39. The Labute approximate surface area is 149 Å². The van der Waals surface area contributed by atoms with Crippen molar-refractivity contribution in [2.24, 2.45) is 0 Å². The molecule has 2 heterocycles. The van der Waals surface area contributed by atoms with Crippen LogP contribution in [0.1, 0.15) is 28.9 Å². The summed E-state index contributed by atoms with van der Waals surface area (Å²) in [5.74, 6) is -0.429. The maximum absolute atomic E-state index is 12.6. The van der Waals surface area contributed by atoms with E-state index in [0.717, 1.165) is 16.3 Å². The monoisotopic (exact) mass is 343 g/mol. The van der Waals surface area contributed by atoms with Crippen LogP contribution in [-0.4, -0.2) is 15.3 Å². The van der Waals surface area contributed by atoms with Gasteiger partial charge in [-0.05, 0) is 41.5 Å². The standard InChI is InChI=1S/C21H17N3O2/c1-14(16-10-9-15-6-2-3-7-17(15)12-16)23-20(25)18-13-22-19-8-4-5-11-24(19)21(18)26/h2-14H,1H3,(H,23,25). The molecule has 0 fully saturated rings. The summed E-state index contributed by atoms with van der Waals surface area (Å²) in [5, 5.41) is 5.15. The lowest BCUT2D eigenvalue weighted by atomic mass is 10.0. The molecule has 0 saturated heterocycles. The molecule has 128 valence electrons. The average Bonchev–Trinajstić information content (AvgIpc) is 2.68. The molecular weight excluding hydrogens is 326 g/mol. The van der Waals surface area contributed by atoms with Crippen LogP contribution in [0.5, 0.6) is 0 Å². The molecule has 2 aromatic heterocycles. The number of pyridine rings is 1. The molecular formula is C21H17N3O2. The summed E-state index contributed by atoms with van der Waals surface area (Å²) in [4.78, 5) is 29.3.